The Kier molecular flexibility index (Phi) is 5.77. The molecule has 0 radical (unpaired) electrons. The van der Waals surface area contributed by atoms with Crippen molar-refractivity contribution in [3.05, 3.63) is 28.2 Å². The van der Waals surface area contributed by atoms with E-state index in [4.69, 9.17) is 9.84 Å². The second-order valence-corrected chi connectivity index (χ2v) is 3.93. The van der Waals surface area contributed by atoms with E-state index in [9.17, 15) is 4.79 Å². The fraction of sp³-hybridized carbons (Fsp3) is 0.615. The van der Waals surface area contributed by atoms with Gasteiger partial charge in [0, 0.05) is 18.8 Å². The number of nitrogens with zero attached hydrogens (tertiary/aromatic N) is 1. The van der Waals surface area contributed by atoms with Crippen molar-refractivity contribution in [2.24, 2.45) is 0 Å². The predicted octanol–water partition coefficient (Wildman–Crippen LogP) is 1.58. The molecule has 0 saturated carbocycles. The van der Waals surface area contributed by atoms with Gasteiger partial charge in [0.15, 0.2) is 5.75 Å². The van der Waals surface area contributed by atoms with Crippen LogP contribution in [0.5, 0.6) is 5.75 Å². The maximum absolute atomic E-state index is 11.7. The van der Waals surface area contributed by atoms with Crippen molar-refractivity contribution in [1.82, 2.24) is 4.57 Å². The summed E-state index contributed by atoms with van der Waals surface area (Å²) in [6.45, 7) is 5.19. The van der Waals surface area contributed by atoms with Crippen LogP contribution in [0.4, 0.5) is 0 Å². The van der Waals surface area contributed by atoms with E-state index in [1.807, 2.05) is 11.5 Å². The maximum Gasteiger partial charge on any atom is 0.223 e. The summed E-state index contributed by atoms with van der Waals surface area (Å²) in [6.07, 6.45) is 4.41. The molecule has 1 aromatic heterocycles. The van der Waals surface area contributed by atoms with Gasteiger partial charge in [0.05, 0.1) is 18.9 Å². The molecule has 0 aliphatic heterocycles. The van der Waals surface area contributed by atoms with Gasteiger partial charge in [0.1, 0.15) is 0 Å². The molecule has 1 aromatic rings. The van der Waals surface area contributed by atoms with Crippen LogP contribution in [0.3, 0.4) is 0 Å². The van der Waals surface area contributed by atoms with Crippen molar-refractivity contribution in [1.29, 1.82) is 0 Å². The van der Waals surface area contributed by atoms with Crippen molar-refractivity contribution in [2.75, 3.05) is 13.2 Å². The lowest BCUT2D eigenvalue weighted by atomic mass is 10.2. The largest absolute Gasteiger partial charge is 0.488 e. The molecule has 1 N–H and O–H groups in total. The third-order valence-corrected chi connectivity index (χ3v) is 2.66. The van der Waals surface area contributed by atoms with Gasteiger partial charge in [-0.1, -0.05) is 20.3 Å². The smallest absolute Gasteiger partial charge is 0.223 e. The van der Waals surface area contributed by atoms with Gasteiger partial charge in [-0.2, -0.15) is 0 Å². The Morgan fingerprint density at radius 3 is 2.76 bits per heavy atom. The summed E-state index contributed by atoms with van der Waals surface area (Å²) >= 11 is 0. The van der Waals surface area contributed by atoms with E-state index in [1.54, 1.807) is 6.20 Å². The van der Waals surface area contributed by atoms with Crippen LogP contribution in [0, 0.1) is 0 Å². The van der Waals surface area contributed by atoms with Gasteiger partial charge in [-0.3, -0.25) is 4.79 Å². The fourth-order valence-corrected chi connectivity index (χ4v) is 1.75. The van der Waals surface area contributed by atoms with E-state index in [0.29, 0.717) is 18.9 Å². The van der Waals surface area contributed by atoms with E-state index < -0.39 is 0 Å². The molecule has 4 heteroatoms. The lowest BCUT2D eigenvalue weighted by Gasteiger charge is -2.15. The molecular formula is C13H21NO3. The van der Waals surface area contributed by atoms with Gasteiger partial charge >= 0.3 is 0 Å². The Morgan fingerprint density at radius 2 is 2.18 bits per heavy atom. The Hall–Kier alpha value is -1.29. The molecule has 0 aromatic carbocycles. The van der Waals surface area contributed by atoms with Gasteiger partial charge in [0.25, 0.3) is 0 Å². The number of rotatable bonds is 7. The number of pyridine rings is 1. The summed E-state index contributed by atoms with van der Waals surface area (Å²) in [5.74, 6) is 0.442. The molecule has 4 nitrogen and oxygen atoms in total. The average Bonchev–Trinajstić information content (AvgIpc) is 2.33. The van der Waals surface area contributed by atoms with Crippen LogP contribution in [0.15, 0.2) is 17.1 Å². The van der Waals surface area contributed by atoms with E-state index >= 15 is 0 Å². The summed E-state index contributed by atoms with van der Waals surface area (Å²) in [4.78, 5) is 11.7. The first-order valence-electron chi connectivity index (χ1n) is 6.20. The predicted molar refractivity (Wildman–Crippen MR) is 67.6 cm³/mol. The molecule has 1 heterocycles. The molecule has 0 spiro atoms. The van der Waals surface area contributed by atoms with Crippen LogP contribution in [0.25, 0.3) is 0 Å². The number of aliphatic hydroxyl groups excluding tert-OH is 1. The first kappa shape index (κ1) is 13.8. The van der Waals surface area contributed by atoms with Gasteiger partial charge < -0.3 is 14.4 Å². The standard InChI is InChI=1S/C13H21NO3/c1-3-5-10-17-13-11(4-2)14(8-9-15)7-6-12(13)16/h6-7,15H,3-5,8-10H2,1-2H3. The van der Waals surface area contributed by atoms with Gasteiger partial charge in [-0.25, -0.2) is 0 Å². The Bertz CT molecular complexity index is 398. The van der Waals surface area contributed by atoms with Gasteiger partial charge in [0.2, 0.25) is 5.43 Å². The van der Waals surface area contributed by atoms with Gasteiger partial charge in [-0.05, 0) is 12.8 Å². The van der Waals surface area contributed by atoms with E-state index in [0.717, 1.165) is 25.0 Å². The number of hydrogen-bond acceptors (Lipinski definition) is 3. The van der Waals surface area contributed by atoms with E-state index in [2.05, 4.69) is 6.92 Å². The number of ether oxygens (including phenoxy) is 1. The van der Waals surface area contributed by atoms with Crippen LogP contribution in [0.2, 0.25) is 0 Å². The molecule has 96 valence electrons. The monoisotopic (exact) mass is 239 g/mol. The van der Waals surface area contributed by atoms with E-state index in [1.165, 1.54) is 6.07 Å². The molecule has 0 fully saturated rings. The van der Waals surface area contributed by atoms with Crippen LogP contribution < -0.4 is 10.2 Å². The van der Waals surface area contributed by atoms with Gasteiger partial charge in [-0.15, -0.1) is 0 Å². The molecule has 0 aliphatic rings. The Balaban J connectivity index is 2.98. The quantitative estimate of drug-likeness (QED) is 0.735. The minimum absolute atomic E-state index is 0.0598. The van der Waals surface area contributed by atoms with Crippen LogP contribution >= 0.6 is 0 Å². The molecule has 0 saturated heterocycles. The normalized spacial score (nSPS) is 10.5. The van der Waals surface area contributed by atoms with Crippen molar-refractivity contribution >= 4 is 0 Å². The summed E-state index contributed by atoms with van der Waals surface area (Å²) < 4.78 is 7.45. The Morgan fingerprint density at radius 1 is 1.41 bits per heavy atom. The van der Waals surface area contributed by atoms with Crippen molar-refractivity contribution in [3.8, 4) is 5.75 Å². The van der Waals surface area contributed by atoms with Crippen LogP contribution in [-0.4, -0.2) is 22.9 Å². The summed E-state index contributed by atoms with van der Waals surface area (Å²) in [6, 6.07) is 1.50. The minimum atomic E-state index is -0.0767. The second-order valence-electron chi connectivity index (χ2n) is 3.93. The highest BCUT2D eigenvalue weighted by atomic mass is 16.5. The lowest BCUT2D eigenvalue weighted by Crippen LogP contribution is -2.18. The van der Waals surface area contributed by atoms with Crippen molar-refractivity contribution in [2.45, 2.75) is 39.7 Å². The third kappa shape index (κ3) is 3.60. The van der Waals surface area contributed by atoms with Crippen molar-refractivity contribution < 1.29 is 9.84 Å². The molecule has 0 bridgehead atoms. The van der Waals surface area contributed by atoms with Crippen LogP contribution in [-0.2, 0) is 13.0 Å². The zero-order chi connectivity index (χ0) is 12.7. The summed E-state index contributed by atoms with van der Waals surface area (Å²) in [5.41, 5.74) is 0.787. The number of hydrogen-bond donors (Lipinski definition) is 1. The first-order chi connectivity index (χ1) is 8.24. The molecule has 0 atom stereocenters. The molecule has 0 unspecified atom stereocenters. The summed E-state index contributed by atoms with van der Waals surface area (Å²) in [5, 5.41) is 8.97. The molecule has 1 rings (SSSR count). The number of unbranched alkanes of at least 4 members (excludes halogenated alkanes) is 1. The molecule has 0 aliphatic carbocycles. The topological polar surface area (TPSA) is 51.5 Å². The maximum atomic E-state index is 11.7. The Labute approximate surface area is 102 Å². The highest BCUT2D eigenvalue weighted by Gasteiger charge is 2.10. The highest BCUT2D eigenvalue weighted by Crippen LogP contribution is 2.14. The number of aliphatic hydroxyl groups is 1. The SMILES string of the molecule is CCCCOc1c(CC)n(CCO)ccc1=O. The summed E-state index contributed by atoms with van der Waals surface area (Å²) in [7, 11) is 0. The van der Waals surface area contributed by atoms with Crippen molar-refractivity contribution in [3.63, 3.8) is 0 Å². The fourth-order valence-electron chi connectivity index (χ4n) is 1.75. The van der Waals surface area contributed by atoms with E-state index in [-0.39, 0.29) is 12.0 Å². The lowest BCUT2D eigenvalue weighted by molar-refractivity contribution is 0.268. The molecule has 17 heavy (non-hydrogen) atoms. The highest BCUT2D eigenvalue weighted by molar-refractivity contribution is 5.28. The second kappa shape index (κ2) is 7.12. The number of aromatic nitrogens is 1. The molecular weight excluding hydrogens is 218 g/mol. The zero-order valence-corrected chi connectivity index (χ0v) is 10.6. The zero-order valence-electron chi connectivity index (χ0n) is 10.6. The minimum Gasteiger partial charge on any atom is -0.488 e. The third-order valence-electron chi connectivity index (χ3n) is 2.66. The average molecular weight is 239 g/mol. The van der Waals surface area contributed by atoms with Crippen LogP contribution in [0.1, 0.15) is 32.4 Å². The molecule has 0 amide bonds. The first-order valence-corrected chi connectivity index (χ1v) is 6.20.